The first-order chi connectivity index (χ1) is 10.7. The molecule has 0 fully saturated rings. The number of aromatic hydroxyl groups is 1. The number of ether oxygens (including phenoxy) is 1. The second-order valence-corrected chi connectivity index (χ2v) is 7.29. The number of aliphatic hydroxyl groups excluding tert-OH is 2. The molecule has 1 aliphatic heterocycles. The van der Waals surface area contributed by atoms with Gasteiger partial charge >= 0.3 is 0 Å². The average Bonchev–Trinajstić information content (AvgIpc) is 2.40. The van der Waals surface area contributed by atoms with Crippen LogP contribution in [-0.4, -0.2) is 44.3 Å². The third kappa shape index (κ3) is 2.63. The molecule has 3 rings (SSSR count). The zero-order valence-electron chi connectivity index (χ0n) is 13.8. The molecule has 126 valence electrons. The summed E-state index contributed by atoms with van der Waals surface area (Å²) in [4.78, 5) is 0. The third-order valence-corrected chi connectivity index (χ3v) is 4.95. The minimum atomic E-state index is -1.24. The van der Waals surface area contributed by atoms with E-state index in [0.29, 0.717) is 24.2 Å². The summed E-state index contributed by atoms with van der Waals surface area (Å²) >= 11 is 0. The highest BCUT2D eigenvalue weighted by Gasteiger charge is 2.46. The highest BCUT2D eigenvalue weighted by molar-refractivity contribution is 5.82. The summed E-state index contributed by atoms with van der Waals surface area (Å²) in [6.07, 6.45) is 0.150. The topological polar surface area (TPSA) is 90.2 Å². The monoisotopic (exact) mass is 320 g/mol. The summed E-state index contributed by atoms with van der Waals surface area (Å²) in [5, 5.41) is 40.3. The van der Waals surface area contributed by atoms with E-state index in [0.717, 1.165) is 16.7 Å². The Bertz CT molecular complexity index is 672. The van der Waals surface area contributed by atoms with E-state index < -0.39 is 17.3 Å². The normalized spacial score (nSPS) is 28.9. The molecule has 0 bridgehead atoms. The maximum atomic E-state index is 10.5. The Morgan fingerprint density at radius 2 is 1.96 bits per heavy atom. The van der Waals surface area contributed by atoms with Gasteiger partial charge in [0.05, 0.1) is 17.3 Å². The number of phenols is 1. The van der Waals surface area contributed by atoms with Crippen LogP contribution < -0.4 is 4.74 Å². The molecule has 2 aliphatic rings. The quantitative estimate of drug-likeness (QED) is 0.667. The molecular formula is C18H24O5. The lowest BCUT2D eigenvalue weighted by Crippen LogP contribution is -2.47. The van der Waals surface area contributed by atoms with E-state index in [1.54, 1.807) is 13.0 Å². The number of aliphatic hydroxyl groups is 3. The van der Waals surface area contributed by atoms with Crippen molar-refractivity contribution >= 4 is 5.57 Å². The first-order valence-electron chi connectivity index (χ1n) is 7.95. The Hall–Kier alpha value is -1.56. The van der Waals surface area contributed by atoms with Crippen molar-refractivity contribution in [1.29, 1.82) is 0 Å². The highest BCUT2D eigenvalue weighted by Crippen LogP contribution is 2.52. The van der Waals surface area contributed by atoms with E-state index in [1.807, 2.05) is 19.9 Å². The van der Waals surface area contributed by atoms with Crippen LogP contribution in [0.15, 0.2) is 17.7 Å². The van der Waals surface area contributed by atoms with Crippen LogP contribution in [0.5, 0.6) is 11.5 Å². The fraction of sp³-hybridized carbons (Fsp3) is 0.556. The van der Waals surface area contributed by atoms with Gasteiger partial charge in [-0.15, -0.1) is 0 Å². The zero-order chi connectivity index (χ0) is 17.0. The number of hydrogen-bond acceptors (Lipinski definition) is 5. The van der Waals surface area contributed by atoms with Crippen molar-refractivity contribution in [2.45, 2.75) is 57.3 Å². The highest BCUT2D eigenvalue weighted by atomic mass is 16.5. The molecule has 0 saturated heterocycles. The third-order valence-electron chi connectivity index (χ3n) is 4.95. The van der Waals surface area contributed by atoms with E-state index >= 15 is 0 Å². The predicted molar refractivity (Wildman–Crippen MR) is 86.4 cm³/mol. The maximum absolute atomic E-state index is 10.5. The van der Waals surface area contributed by atoms with E-state index in [-0.39, 0.29) is 18.8 Å². The summed E-state index contributed by atoms with van der Waals surface area (Å²) < 4.78 is 6.08. The predicted octanol–water partition coefficient (Wildman–Crippen LogP) is 1.76. The fourth-order valence-corrected chi connectivity index (χ4v) is 3.62. The molecule has 1 aliphatic carbocycles. The van der Waals surface area contributed by atoms with Gasteiger partial charge < -0.3 is 25.2 Å². The largest absolute Gasteiger partial charge is 0.507 e. The van der Waals surface area contributed by atoms with Crippen molar-refractivity contribution in [1.82, 2.24) is 0 Å². The van der Waals surface area contributed by atoms with Crippen LogP contribution in [0.25, 0.3) is 5.57 Å². The van der Waals surface area contributed by atoms with Crippen LogP contribution >= 0.6 is 0 Å². The summed E-state index contributed by atoms with van der Waals surface area (Å²) in [5.74, 6) is 0.644. The van der Waals surface area contributed by atoms with Gasteiger partial charge in [-0.05, 0) is 56.0 Å². The number of hydrogen-bond donors (Lipinski definition) is 4. The fourth-order valence-electron chi connectivity index (χ4n) is 3.62. The summed E-state index contributed by atoms with van der Waals surface area (Å²) in [5.41, 5.74) is 1.29. The second kappa shape index (κ2) is 5.23. The SMILES string of the molecule is CC1(C)Oc2cc(CCO)cc(O)c2C2=C1CC(O)C(C)(O)C2. The Kier molecular flexibility index (Phi) is 3.71. The van der Waals surface area contributed by atoms with Gasteiger partial charge in [0.25, 0.3) is 0 Å². The molecule has 0 spiro atoms. The zero-order valence-corrected chi connectivity index (χ0v) is 13.8. The number of phenolic OH excluding ortho intramolecular Hbond substituents is 1. The minimum absolute atomic E-state index is 0.00350. The molecule has 2 atom stereocenters. The average molecular weight is 320 g/mol. The van der Waals surface area contributed by atoms with E-state index in [4.69, 9.17) is 9.84 Å². The lowest BCUT2D eigenvalue weighted by molar-refractivity contribution is -0.0661. The number of benzene rings is 1. The van der Waals surface area contributed by atoms with Crippen LogP contribution in [-0.2, 0) is 6.42 Å². The van der Waals surface area contributed by atoms with Gasteiger partial charge in [-0.25, -0.2) is 0 Å². The molecule has 4 N–H and O–H groups in total. The lowest BCUT2D eigenvalue weighted by Gasteiger charge is -2.45. The van der Waals surface area contributed by atoms with Gasteiger partial charge in [0, 0.05) is 19.4 Å². The molecular weight excluding hydrogens is 296 g/mol. The standard InChI is InChI=1S/C18H24O5/c1-17(2)12-8-15(21)18(3,22)9-11(12)16-13(20)6-10(4-5-19)7-14(16)23-17/h6-7,15,19-22H,4-5,8-9H2,1-3H3. The first kappa shape index (κ1) is 16.3. The first-order valence-corrected chi connectivity index (χ1v) is 7.95. The summed E-state index contributed by atoms with van der Waals surface area (Å²) in [7, 11) is 0. The Labute approximate surface area is 135 Å². The molecule has 5 nitrogen and oxygen atoms in total. The Balaban J connectivity index is 2.18. The lowest BCUT2D eigenvalue weighted by atomic mass is 9.71. The minimum Gasteiger partial charge on any atom is -0.507 e. The van der Waals surface area contributed by atoms with Crippen LogP contribution in [0, 0.1) is 0 Å². The van der Waals surface area contributed by atoms with Crippen molar-refractivity contribution in [3.8, 4) is 11.5 Å². The number of rotatable bonds is 2. The smallest absolute Gasteiger partial charge is 0.132 e. The van der Waals surface area contributed by atoms with Gasteiger partial charge in [0.2, 0.25) is 0 Å². The maximum Gasteiger partial charge on any atom is 0.132 e. The molecule has 1 aromatic rings. The van der Waals surface area contributed by atoms with Gasteiger partial charge in [-0.3, -0.25) is 0 Å². The molecule has 0 saturated carbocycles. The molecule has 0 aromatic heterocycles. The van der Waals surface area contributed by atoms with Crippen molar-refractivity contribution in [2.75, 3.05) is 6.61 Å². The van der Waals surface area contributed by atoms with Gasteiger partial charge in [0.15, 0.2) is 0 Å². The number of fused-ring (bicyclic) bond motifs is 2. The second-order valence-electron chi connectivity index (χ2n) is 7.29. The molecule has 0 radical (unpaired) electrons. The van der Waals surface area contributed by atoms with Crippen LogP contribution in [0.4, 0.5) is 0 Å². The molecule has 5 heteroatoms. The van der Waals surface area contributed by atoms with Gasteiger partial charge in [-0.1, -0.05) is 0 Å². The van der Waals surface area contributed by atoms with Crippen LogP contribution in [0.2, 0.25) is 0 Å². The summed E-state index contributed by atoms with van der Waals surface area (Å²) in [6.45, 7) is 5.46. The Morgan fingerprint density at radius 3 is 2.61 bits per heavy atom. The van der Waals surface area contributed by atoms with E-state index in [2.05, 4.69) is 0 Å². The molecule has 23 heavy (non-hydrogen) atoms. The van der Waals surface area contributed by atoms with E-state index in [1.165, 1.54) is 0 Å². The van der Waals surface area contributed by atoms with Crippen molar-refractivity contribution < 1.29 is 25.2 Å². The van der Waals surface area contributed by atoms with Crippen LogP contribution in [0.3, 0.4) is 0 Å². The van der Waals surface area contributed by atoms with Crippen molar-refractivity contribution in [2.24, 2.45) is 0 Å². The van der Waals surface area contributed by atoms with Gasteiger partial charge in [0.1, 0.15) is 17.1 Å². The van der Waals surface area contributed by atoms with Crippen LogP contribution in [0.1, 0.15) is 44.7 Å². The van der Waals surface area contributed by atoms with Crippen molar-refractivity contribution in [3.63, 3.8) is 0 Å². The molecule has 1 heterocycles. The van der Waals surface area contributed by atoms with E-state index in [9.17, 15) is 15.3 Å². The Morgan fingerprint density at radius 1 is 1.26 bits per heavy atom. The summed E-state index contributed by atoms with van der Waals surface area (Å²) in [6, 6.07) is 3.46. The molecule has 2 unspecified atom stereocenters. The van der Waals surface area contributed by atoms with Crippen molar-refractivity contribution in [3.05, 3.63) is 28.8 Å². The molecule has 1 aromatic carbocycles. The molecule has 0 amide bonds. The van der Waals surface area contributed by atoms with Gasteiger partial charge in [-0.2, -0.15) is 0 Å².